The van der Waals surface area contributed by atoms with E-state index in [4.69, 9.17) is 4.98 Å². The number of fused-ring (bicyclic) bond motifs is 1. The normalized spacial score (nSPS) is 11.3. The Labute approximate surface area is 131 Å². The number of rotatable bonds is 4. The Balaban J connectivity index is 2.23. The Morgan fingerprint density at radius 1 is 1.05 bits per heavy atom. The molecule has 2 aromatic carbocycles. The van der Waals surface area contributed by atoms with Crippen molar-refractivity contribution in [3.05, 3.63) is 53.1 Å². The molecule has 0 saturated heterocycles. The van der Waals surface area contributed by atoms with E-state index in [2.05, 4.69) is 61.7 Å². The van der Waals surface area contributed by atoms with Gasteiger partial charge in [0.1, 0.15) is 5.82 Å². The predicted octanol–water partition coefficient (Wildman–Crippen LogP) is 4.01. The second-order valence-corrected chi connectivity index (χ2v) is 5.96. The van der Waals surface area contributed by atoms with E-state index in [1.54, 1.807) is 0 Å². The molecule has 114 valence electrons. The van der Waals surface area contributed by atoms with Gasteiger partial charge in [0.05, 0.1) is 11.0 Å². The van der Waals surface area contributed by atoms with Crippen molar-refractivity contribution in [2.45, 2.75) is 33.7 Å². The summed E-state index contributed by atoms with van der Waals surface area (Å²) in [6.07, 6.45) is 0.733. The second kappa shape index (κ2) is 5.93. The molecule has 1 aromatic heterocycles. The van der Waals surface area contributed by atoms with Crippen molar-refractivity contribution < 1.29 is 5.11 Å². The smallest absolute Gasteiger partial charge is 0.141 e. The third-order valence-corrected chi connectivity index (χ3v) is 4.18. The van der Waals surface area contributed by atoms with Crippen molar-refractivity contribution >= 4 is 11.0 Å². The highest BCUT2D eigenvalue weighted by atomic mass is 16.3. The van der Waals surface area contributed by atoms with Crippen molar-refractivity contribution in [2.75, 3.05) is 6.61 Å². The van der Waals surface area contributed by atoms with Gasteiger partial charge < -0.3 is 9.67 Å². The standard InChI is InChI=1S/C19H22N2O/c1-13-6-4-7-16(10-13)19-20-17-11-14(2)15(3)12-18(17)21(19)8-5-9-22/h4,6-7,10-12,22H,5,8-9H2,1-3H3. The summed E-state index contributed by atoms with van der Waals surface area (Å²) in [5, 5.41) is 9.21. The van der Waals surface area contributed by atoms with E-state index in [0.717, 1.165) is 35.4 Å². The summed E-state index contributed by atoms with van der Waals surface area (Å²) in [4.78, 5) is 4.86. The number of aliphatic hydroxyl groups excluding tert-OH is 1. The molecule has 0 aliphatic heterocycles. The zero-order chi connectivity index (χ0) is 15.7. The van der Waals surface area contributed by atoms with Gasteiger partial charge in [0, 0.05) is 18.7 Å². The Morgan fingerprint density at radius 2 is 1.82 bits per heavy atom. The Hall–Kier alpha value is -2.13. The van der Waals surface area contributed by atoms with Gasteiger partial charge >= 0.3 is 0 Å². The summed E-state index contributed by atoms with van der Waals surface area (Å²) in [5.41, 5.74) is 7.06. The van der Waals surface area contributed by atoms with Gasteiger partial charge in [0.25, 0.3) is 0 Å². The maximum absolute atomic E-state index is 9.21. The minimum absolute atomic E-state index is 0.192. The van der Waals surface area contributed by atoms with Crippen molar-refractivity contribution in [1.29, 1.82) is 0 Å². The summed E-state index contributed by atoms with van der Waals surface area (Å²) >= 11 is 0. The monoisotopic (exact) mass is 294 g/mol. The fraction of sp³-hybridized carbons (Fsp3) is 0.316. The molecule has 0 amide bonds. The number of aliphatic hydroxyl groups is 1. The van der Waals surface area contributed by atoms with E-state index in [9.17, 15) is 5.11 Å². The largest absolute Gasteiger partial charge is 0.396 e. The van der Waals surface area contributed by atoms with Crippen molar-refractivity contribution in [3.63, 3.8) is 0 Å². The summed E-state index contributed by atoms with van der Waals surface area (Å²) in [6, 6.07) is 12.8. The number of aryl methyl sites for hydroxylation is 4. The molecule has 0 bridgehead atoms. The van der Waals surface area contributed by atoms with E-state index in [0.29, 0.717) is 0 Å². The average Bonchev–Trinajstić information content (AvgIpc) is 2.83. The van der Waals surface area contributed by atoms with Crippen LogP contribution < -0.4 is 0 Å². The molecular formula is C19H22N2O. The molecule has 0 unspecified atom stereocenters. The van der Waals surface area contributed by atoms with Crippen LogP contribution in [0.4, 0.5) is 0 Å². The maximum atomic E-state index is 9.21. The molecule has 1 N–H and O–H groups in total. The lowest BCUT2D eigenvalue weighted by Crippen LogP contribution is -2.03. The Bertz CT molecular complexity index is 818. The van der Waals surface area contributed by atoms with Crippen LogP contribution in [0.15, 0.2) is 36.4 Å². The van der Waals surface area contributed by atoms with Crippen LogP contribution in [-0.2, 0) is 6.54 Å². The van der Waals surface area contributed by atoms with E-state index < -0.39 is 0 Å². The highest BCUT2D eigenvalue weighted by Crippen LogP contribution is 2.27. The third kappa shape index (κ3) is 2.64. The molecule has 1 heterocycles. The number of aromatic nitrogens is 2. The molecule has 0 radical (unpaired) electrons. The molecule has 0 spiro atoms. The van der Waals surface area contributed by atoms with Crippen molar-refractivity contribution in [1.82, 2.24) is 9.55 Å². The SMILES string of the molecule is Cc1cccc(-c2nc3cc(C)c(C)cc3n2CCCO)c1. The average molecular weight is 294 g/mol. The quantitative estimate of drug-likeness (QED) is 0.789. The number of imidazole rings is 1. The minimum atomic E-state index is 0.192. The van der Waals surface area contributed by atoms with Crippen LogP contribution in [0, 0.1) is 20.8 Å². The number of hydrogen-bond donors (Lipinski definition) is 1. The number of nitrogens with zero attached hydrogens (tertiary/aromatic N) is 2. The minimum Gasteiger partial charge on any atom is -0.396 e. The zero-order valence-corrected chi connectivity index (χ0v) is 13.4. The first-order chi connectivity index (χ1) is 10.6. The van der Waals surface area contributed by atoms with E-state index >= 15 is 0 Å². The molecule has 3 rings (SSSR count). The van der Waals surface area contributed by atoms with E-state index in [1.165, 1.54) is 16.7 Å². The van der Waals surface area contributed by atoms with E-state index in [-0.39, 0.29) is 6.61 Å². The van der Waals surface area contributed by atoms with Crippen LogP contribution in [0.2, 0.25) is 0 Å². The topological polar surface area (TPSA) is 38.0 Å². The van der Waals surface area contributed by atoms with Crippen molar-refractivity contribution in [3.8, 4) is 11.4 Å². The molecule has 0 saturated carbocycles. The fourth-order valence-corrected chi connectivity index (χ4v) is 2.84. The summed E-state index contributed by atoms with van der Waals surface area (Å²) in [6.45, 7) is 7.31. The van der Waals surface area contributed by atoms with Gasteiger partial charge in [-0.15, -0.1) is 0 Å². The molecule has 3 heteroatoms. The van der Waals surface area contributed by atoms with E-state index in [1.807, 2.05) is 0 Å². The summed E-state index contributed by atoms with van der Waals surface area (Å²) in [5.74, 6) is 0.983. The lowest BCUT2D eigenvalue weighted by Gasteiger charge is -2.09. The van der Waals surface area contributed by atoms with Crippen LogP contribution in [0.3, 0.4) is 0 Å². The zero-order valence-electron chi connectivity index (χ0n) is 13.4. The third-order valence-electron chi connectivity index (χ3n) is 4.18. The van der Waals surface area contributed by atoms with Crippen molar-refractivity contribution in [2.24, 2.45) is 0 Å². The highest BCUT2D eigenvalue weighted by Gasteiger charge is 2.13. The first-order valence-corrected chi connectivity index (χ1v) is 7.75. The predicted molar refractivity (Wildman–Crippen MR) is 91.1 cm³/mol. The lowest BCUT2D eigenvalue weighted by molar-refractivity contribution is 0.281. The van der Waals surface area contributed by atoms with Gasteiger partial charge in [-0.05, 0) is 56.5 Å². The highest BCUT2D eigenvalue weighted by molar-refractivity contribution is 5.82. The number of hydrogen-bond acceptors (Lipinski definition) is 2. The molecule has 0 atom stereocenters. The lowest BCUT2D eigenvalue weighted by atomic mass is 10.1. The van der Waals surface area contributed by atoms with Crippen LogP contribution >= 0.6 is 0 Å². The molecule has 3 aromatic rings. The molecule has 3 nitrogen and oxygen atoms in total. The Kier molecular flexibility index (Phi) is 3.99. The van der Waals surface area contributed by atoms with Crippen LogP contribution in [0.25, 0.3) is 22.4 Å². The van der Waals surface area contributed by atoms with Gasteiger partial charge in [-0.25, -0.2) is 4.98 Å². The fourth-order valence-electron chi connectivity index (χ4n) is 2.84. The van der Waals surface area contributed by atoms with Crippen LogP contribution in [0.5, 0.6) is 0 Å². The van der Waals surface area contributed by atoms with Gasteiger partial charge in [0.15, 0.2) is 0 Å². The molecule has 0 aliphatic carbocycles. The van der Waals surface area contributed by atoms with Gasteiger partial charge in [-0.1, -0.05) is 23.8 Å². The maximum Gasteiger partial charge on any atom is 0.141 e. The first kappa shape index (κ1) is 14.8. The van der Waals surface area contributed by atoms with Gasteiger partial charge in [-0.3, -0.25) is 0 Å². The summed E-state index contributed by atoms with van der Waals surface area (Å²) in [7, 11) is 0. The molecular weight excluding hydrogens is 272 g/mol. The molecule has 0 fully saturated rings. The van der Waals surface area contributed by atoms with Crippen LogP contribution in [0.1, 0.15) is 23.1 Å². The first-order valence-electron chi connectivity index (χ1n) is 7.75. The number of benzene rings is 2. The van der Waals surface area contributed by atoms with Crippen LogP contribution in [-0.4, -0.2) is 21.3 Å². The molecule has 0 aliphatic rings. The summed E-state index contributed by atoms with van der Waals surface area (Å²) < 4.78 is 2.23. The second-order valence-electron chi connectivity index (χ2n) is 5.96. The van der Waals surface area contributed by atoms with Gasteiger partial charge in [-0.2, -0.15) is 0 Å². The Morgan fingerprint density at radius 3 is 2.55 bits per heavy atom. The van der Waals surface area contributed by atoms with Gasteiger partial charge in [0.2, 0.25) is 0 Å². The molecule has 22 heavy (non-hydrogen) atoms.